The standard InChI is InChI=1S/C17H27NS/c1-3-14-5-7-16(8-6-14)17(18-4-2)13-15-9-11-19-12-10-15/h5-8,15,17-18H,3-4,9-13H2,1-2H3. The van der Waals surface area contributed by atoms with Crippen molar-refractivity contribution in [1.82, 2.24) is 5.32 Å². The Bertz CT molecular complexity index is 354. The van der Waals surface area contributed by atoms with Crippen molar-refractivity contribution in [3.63, 3.8) is 0 Å². The van der Waals surface area contributed by atoms with Crippen LogP contribution in [0.4, 0.5) is 0 Å². The summed E-state index contributed by atoms with van der Waals surface area (Å²) >= 11 is 2.12. The lowest BCUT2D eigenvalue weighted by molar-refractivity contribution is 0.374. The molecule has 2 rings (SSSR count). The highest BCUT2D eigenvalue weighted by atomic mass is 32.2. The lowest BCUT2D eigenvalue weighted by atomic mass is 9.90. The lowest BCUT2D eigenvalue weighted by Gasteiger charge is -2.27. The van der Waals surface area contributed by atoms with E-state index in [0.717, 1.165) is 18.9 Å². The van der Waals surface area contributed by atoms with Gasteiger partial charge < -0.3 is 5.32 Å². The molecule has 1 saturated heterocycles. The van der Waals surface area contributed by atoms with Crippen LogP contribution in [0.15, 0.2) is 24.3 Å². The van der Waals surface area contributed by atoms with E-state index in [0.29, 0.717) is 6.04 Å². The van der Waals surface area contributed by atoms with E-state index in [-0.39, 0.29) is 0 Å². The van der Waals surface area contributed by atoms with Gasteiger partial charge in [-0.05, 0) is 60.8 Å². The van der Waals surface area contributed by atoms with Crippen molar-refractivity contribution in [2.24, 2.45) is 5.92 Å². The van der Waals surface area contributed by atoms with Crippen molar-refractivity contribution < 1.29 is 0 Å². The molecule has 0 bridgehead atoms. The quantitative estimate of drug-likeness (QED) is 0.825. The maximum atomic E-state index is 3.68. The van der Waals surface area contributed by atoms with Gasteiger partial charge in [0.1, 0.15) is 0 Å². The molecular formula is C17H27NS. The van der Waals surface area contributed by atoms with Gasteiger partial charge in [0.2, 0.25) is 0 Å². The van der Waals surface area contributed by atoms with Gasteiger partial charge in [-0.25, -0.2) is 0 Å². The van der Waals surface area contributed by atoms with Crippen LogP contribution in [0, 0.1) is 5.92 Å². The molecule has 106 valence electrons. The SMILES string of the molecule is CCNC(CC1CCSCC1)c1ccc(CC)cc1. The van der Waals surface area contributed by atoms with E-state index in [1.165, 1.54) is 41.9 Å². The van der Waals surface area contributed by atoms with E-state index in [1.54, 1.807) is 0 Å². The monoisotopic (exact) mass is 277 g/mol. The molecule has 0 saturated carbocycles. The van der Waals surface area contributed by atoms with Gasteiger partial charge in [-0.2, -0.15) is 11.8 Å². The maximum Gasteiger partial charge on any atom is 0.0322 e. The molecule has 2 heteroatoms. The van der Waals surface area contributed by atoms with Crippen LogP contribution in [-0.2, 0) is 6.42 Å². The number of rotatable bonds is 6. The third-order valence-electron chi connectivity index (χ3n) is 4.15. The lowest BCUT2D eigenvalue weighted by Crippen LogP contribution is -2.25. The van der Waals surface area contributed by atoms with Gasteiger partial charge in [-0.3, -0.25) is 0 Å². The summed E-state index contributed by atoms with van der Waals surface area (Å²) in [6, 6.07) is 9.77. The minimum Gasteiger partial charge on any atom is -0.310 e. The topological polar surface area (TPSA) is 12.0 Å². The van der Waals surface area contributed by atoms with Gasteiger partial charge in [0.25, 0.3) is 0 Å². The summed E-state index contributed by atoms with van der Waals surface area (Å²) in [6.07, 6.45) is 5.24. The zero-order valence-corrected chi connectivity index (χ0v) is 13.1. The van der Waals surface area contributed by atoms with Crippen molar-refractivity contribution in [1.29, 1.82) is 0 Å². The first-order valence-corrected chi connectivity index (χ1v) is 8.89. The van der Waals surface area contributed by atoms with E-state index >= 15 is 0 Å². The van der Waals surface area contributed by atoms with E-state index < -0.39 is 0 Å². The summed E-state index contributed by atoms with van der Waals surface area (Å²) in [6.45, 7) is 5.49. The normalized spacial score (nSPS) is 18.4. The second-order valence-electron chi connectivity index (χ2n) is 5.50. The number of hydrogen-bond donors (Lipinski definition) is 1. The van der Waals surface area contributed by atoms with Crippen LogP contribution in [0.3, 0.4) is 0 Å². The van der Waals surface area contributed by atoms with E-state index in [4.69, 9.17) is 0 Å². The molecule has 1 heterocycles. The van der Waals surface area contributed by atoms with Gasteiger partial charge >= 0.3 is 0 Å². The Morgan fingerprint density at radius 3 is 2.42 bits per heavy atom. The van der Waals surface area contributed by atoms with Gasteiger partial charge in [0, 0.05) is 6.04 Å². The third-order valence-corrected chi connectivity index (χ3v) is 5.20. The van der Waals surface area contributed by atoms with Crippen LogP contribution in [0.2, 0.25) is 0 Å². The van der Waals surface area contributed by atoms with Crippen LogP contribution in [0.5, 0.6) is 0 Å². The summed E-state index contributed by atoms with van der Waals surface area (Å²) in [7, 11) is 0. The predicted molar refractivity (Wildman–Crippen MR) is 86.9 cm³/mol. The number of thioether (sulfide) groups is 1. The third kappa shape index (κ3) is 4.54. The fraction of sp³-hybridized carbons (Fsp3) is 0.647. The summed E-state index contributed by atoms with van der Waals surface area (Å²) < 4.78 is 0. The van der Waals surface area contributed by atoms with Crippen LogP contribution >= 0.6 is 11.8 Å². The molecule has 1 N–H and O–H groups in total. The highest BCUT2D eigenvalue weighted by molar-refractivity contribution is 7.99. The minimum absolute atomic E-state index is 0.545. The van der Waals surface area contributed by atoms with E-state index in [1.807, 2.05) is 0 Å². The molecule has 0 spiro atoms. The molecular weight excluding hydrogens is 250 g/mol. The average Bonchev–Trinajstić information content (AvgIpc) is 2.48. The van der Waals surface area contributed by atoms with Crippen LogP contribution in [0.1, 0.15) is 50.3 Å². The minimum atomic E-state index is 0.545. The zero-order valence-electron chi connectivity index (χ0n) is 12.3. The van der Waals surface area contributed by atoms with Crippen LogP contribution in [-0.4, -0.2) is 18.1 Å². The molecule has 0 aromatic heterocycles. The number of nitrogens with one attached hydrogen (secondary N) is 1. The molecule has 0 aliphatic carbocycles. The predicted octanol–water partition coefficient (Wildman–Crippen LogP) is 4.43. The largest absolute Gasteiger partial charge is 0.310 e. The van der Waals surface area contributed by atoms with Crippen molar-refractivity contribution in [2.45, 2.75) is 45.6 Å². The van der Waals surface area contributed by atoms with Crippen molar-refractivity contribution in [3.8, 4) is 0 Å². The Morgan fingerprint density at radius 1 is 1.16 bits per heavy atom. The zero-order chi connectivity index (χ0) is 13.5. The second kappa shape index (κ2) is 7.96. The fourth-order valence-corrected chi connectivity index (χ4v) is 4.09. The number of aryl methyl sites for hydroxylation is 1. The van der Waals surface area contributed by atoms with Gasteiger partial charge in [-0.1, -0.05) is 38.1 Å². The highest BCUT2D eigenvalue weighted by Crippen LogP contribution is 2.31. The molecule has 1 aromatic rings. The van der Waals surface area contributed by atoms with Gasteiger partial charge in [0.15, 0.2) is 0 Å². The Hall–Kier alpha value is -0.470. The molecule has 1 fully saturated rings. The van der Waals surface area contributed by atoms with Gasteiger partial charge in [-0.15, -0.1) is 0 Å². The van der Waals surface area contributed by atoms with Crippen molar-refractivity contribution in [2.75, 3.05) is 18.1 Å². The fourth-order valence-electron chi connectivity index (χ4n) is 2.88. The summed E-state index contributed by atoms with van der Waals surface area (Å²) in [4.78, 5) is 0. The molecule has 1 aliphatic heterocycles. The van der Waals surface area contributed by atoms with E-state index in [9.17, 15) is 0 Å². The van der Waals surface area contributed by atoms with E-state index in [2.05, 4.69) is 55.2 Å². The van der Waals surface area contributed by atoms with Gasteiger partial charge in [0.05, 0.1) is 0 Å². The van der Waals surface area contributed by atoms with Crippen molar-refractivity contribution >= 4 is 11.8 Å². The highest BCUT2D eigenvalue weighted by Gasteiger charge is 2.19. The molecule has 0 radical (unpaired) electrons. The van der Waals surface area contributed by atoms with Crippen molar-refractivity contribution in [3.05, 3.63) is 35.4 Å². The van der Waals surface area contributed by atoms with Crippen LogP contribution in [0.25, 0.3) is 0 Å². The summed E-state index contributed by atoms with van der Waals surface area (Å²) in [5.74, 6) is 3.63. The summed E-state index contributed by atoms with van der Waals surface area (Å²) in [5.41, 5.74) is 2.91. The molecule has 1 nitrogen and oxygen atoms in total. The molecule has 0 amide bonds. The summed E-state index contributed by atoms with van der Waals surface area (Å²) in [5, 5.41) is 3.68. The smallest absolute Gasteiger partial charge is 0.0322 e. The number of benzene rings is 1. The Morgan fingerprint density at radius 2 is 1.84 bits per heavy atom. The molecule has 19 heavy (non-hydrogen) atoms. The first kappa shape index (κ1) is 14.9. The Labute approximate surface area is 122 Å². The molecule has 1 aliphatic rings. The Balaban J connectivity index is 2.00. The first-order valence-electron chi connectivity index (χ1n) is 7.73. The Kier molecular flexibility index (Phi) is 6.25. The maximum absolute atomic E-state index is 3.68. The average molecular weight is 277 g/mol. The number of hydrogen-bond acceptors (Lipinski definition) is 2. The molecule has 1 atom stereocenters. The second-order valence-corrected chi connectivity index (χ2v) is 6.72. The molecule has 1 unspecified atom stereocenters. The molecule has 1 aromatic carbocycles. The van der Waals surface area contributed by atoms with Crippen LogP contribution < -0.4 is 5.32 Å². The first-order chi connectivity index (χ1) is 9.33.